The van der Waals surface area contributed by atoms with Crippen molar-refractivity contribution < 1.29 is 9.53 Å². The fourth-order valence-electron chi connectivity index (χ4n) is 2.20. The number of nitrogens with one attached hydrogen (secondary N) is 2. The molecule has 7 nitrogen and oxygen atoms in total. The molecule has 2 aromatic rings. The summed E-state index contributed by atoms with van der Waals surface area (Å²) in [6.07, 6.45) is 4.41. The summed E-state index contributed by atoms with van der Waals surface area (Å²) in [6.45, 7) is 11.5. The van der Waals surface area contributed by atoms with E-state index in [1.54, 1.807) is 18.6 Å². The van der Waals surface area contributed by atoms with Crippen LogP contribution in [-0.2, 0) is 4.74 Å². The van der Waals surface area contributed by atoms with E-state index in [0.717, 1.165) is 11.3 Å². The van der Waals surface area contributed by atoms with Crippen molar-refractivity contribution in [3.05, 3.63) is 29.7 Å². The molecule has 1 atom stereocenters. The Morgan fingerprint density at radius 3 is 2.24 bits per heavy atom. The van der Waals surface area contributed by atoms with Crippen molar-refractivity contribution in [1.29, 1.82) is 0 Å². The zero-order chi connectivity index (χ0) is 18.8. The first kappa shape index (κ1) is 19.2. The van der Waals surface area contributed by atoms with Crippen LogP contribution in [0.5, 0.6) is 0 Å². The lowest BCUT2D eigenvalue weighted by atomic mass is 9.86. The standard InChI is InChI=1S/C17H24ClN5O2/c1-16(2,3)12(23-15(24)25-17(4,5)6)13-19-9-11(22-13)10-7-20-14(18)21-8-10/h7-9,12H,1-6H3,(H,19,22)(H,23,24)/t12-/m1/s1. The number of ether oxygens (including phenoxy) is 1. The van der Waals surface area contributed by atoms with E-state index in [4.69, 9.17) is 16.3 Å². The first-order valence-electron chi connectivity index (χ1n) is 7.98. The van der Waals surface area contributed by atoms with Gasteiger partial charge in [-0.05, 0) is 37.8 Å². The lowest BCUT2D eigenvalue weighted by Gasteiger charge is -2.31. The predicted octanol–water partition coefficient (Wildman–Crippen LogP) is 4.13. The summed E-state index contributed by atoms with van der Waals surface area (Å²) in [6, 6.07) is -0.357. The van der Waals surface area contributed by atoms with Gasteiger partial charge in [-0.2, -0.15) is 0 Å². The molecule has 0 aliphatic rings. The number of hydrogen-bond acceptors (Lipinski definition) is 5. The lowest BCUT2D eigenvalue weighted by molar-refractivity contribution is 0.0458. The molecule has 1 amide bonds. The summed E-state index contributed by atoms with van der Waals surface area (Å²) in [5, 5.41) is 3.08. The lowest BCUT2D eigenvalue weighted by Crippen LogP contribution is -2.40. The molecule has 0 fully saturated rings. The number of carbonyl (C=O) groups is 1. The fraction of sp³-hybridized carbons (Fsp3) is 0.529. The normalized spacial score (nSPS) is 13.4. The Morgan fingerprint density at radius 2 is 1.72 bits per heavy atom. The van der Waals surface area contributed by atoms with Gasteiger partial charge in [0.1, 0.15) is 11.4 Å². The summed E-state index contributed by atoms with van der Waals surface area (Å²) < 4.78 is 5.36. The number of H-pyrrole nitrogens is 1. The average Bonchev–Trinajstić information content (AvgIpc) is 2.91. The van der Waals surface area contributed by atoms with Gasteiger partial charge in [-0.3, -0.25) is 0 Å². The highest BCUT2D eigenvalue weighted by atomic mass is 35.5. The molecule has 2 heterocycles. The molecule has 0 saturated carbocycles. The summed E-state index contributed by atoms with van der Waals surface area (Å²) >= 11 is 5.72. The molecule has 0 aliphatic heterocycles. The van der Waals surface area contributed by atoms with Crippen LogP contribution < -0.4 is 5.32 Å². The number of hydrogen-bond donors (Lipinski definition) is 2. The topological polar surface area (TPSA) is 92.8 Å². The average molecular weight is 366 g/mol. The molecular weight excluding hydrogens is 342 g/mol. The molecule has 0 bridgehead atoms. The summed E-state index contributed by atoms with van der Waals surface area (Å²) in [7, 11) is 0. The molecule has 0 radical (unpaired) electrons. The quantitative estimate of drug-likeness (QED) is 0.797. The van der Waals surface area contributed by atoms with Gasteiger partial charge in [-0.25, -0.2) is 19.7 Å². The maximum absolute atomic E-state index is 12.2. The van der Waals surface area contributed by atoms with E-state index in [1.165, 1.54) is 0 Å². The van der Waals surface area contributed by atoms with E-state index in [9.17, 15) is 4.79 Å². The number of carbonyl (C=O) groups excluding carboxylic acids is 1. The van der Waals surface area contributed by atoms with E-state index in [1.807, 2.05) is 41.5 Å². The third-order valence-corrected chi connectivity index (χ3v) is 3.52. The number of imidazole rings is 1. The van der Waals surface area contributed by atoms with Crippen LogP contribution in [0, 0.1) is 5.41 Å². The largest absolute Gasteiger partial charge is 0.444 e. The van der Waals surface area contributed by atoms with Crippen LogP contribution in [0.3, 0.4) is 0 Å². The zero-order valence-corrected chi connectivity index (χ0v) is 16.1. The Morgan fingerprint density at radius 1 is 1.12 bits per heavy atom. The summed E-state index contributed by atoms with van der Waals surface area (Å²) in [5.74, 6) is 0.628. The molecular formula is C17H24ClN5O2. The van der Waals surface area contributed by atoms with Crippen LogP contribution in [0.4, 0.5) is 4.79 Å². The van der Waals surface area contributed by atoms with Gasteiger partial charge in [0.2, 0.25) is 5.28 Å². The highest BCUT2D eigenvalue weighted by Gasteiger charge is 2.32. The van der Waals surface area contributed by atoms with Crippen molar-refractivity contribution in [1.82, 2.24) is 25.3 Å². The molecule has 8 heteroatoms. The summed E-state index contributed by atoms with van der Waals surface area (Å²) in [5.41, 5.74) is 0.657. The van der Waals surface area contributed by atoms with Crippen LogP contribution in [-0.4, -0.2) is 31.6 Å². The minimum absolute atomic E-state index is 0.183. The van der Waals surface area contributed by atoms with Crippen molar-refractivity contribution in [2.24, 2.45) is 5.41 Å². The number of aromatic amines is 1. The Kier molecular flexibility index (Phi) is 5.37. The first-order chi connectivity index (χ1) is 11.5. The van der Waals surface area contributed by atoms with E-state index >= 15 is 0 Å². The van der Waals surface area contributed by atoms with Crippen molar-refractivity contribution in [3.8, 4) is 11.3 Å². The molecule has 25 heavy (non-hydrogen) atoms. The van der Waals surface area contributed by atoms with Gasteiger partial charge >= 0.3 is 6.09 Å². The number of amides is 1. The number of alkyl carbamates (subject to hydrolysis) is 1. The number of nitrogens with zero attached hydrogens (tertiary/aromatic N) is 3. The van der Waals surface area contributed by atoms with Crippen LogP contribution in [0.2, 0.25) is 5.28 Å². The van der Waals surface area contributed by atoms with Gasteiger partial charge in [0.25, 0.3) is 0 Å². The Labute approximate surface area is 152 Å². The monoisotopic (exact) mass is 365 g/mol. The van der Waals surface area contributed by atoms with Gasteiger partial charge in [0, 0.05) is 18.0 Å². The van der Waals surface area contributed by atoms with Crippen LogP contribution >= 0.6 is 11.6 Å². The molecule has 0 aliphatic carbocycles. The molecule has 2 rings (SSSR count). The van der Waals surface area contributed by atoms with Crippen molar-refractivity contribution in [3.63, 3.8) is 0 Å². The second-order valence-corrected chi connectivity index (χ2v) is 8.21. The second kappa shape index (κ2) is 7.00. The minimum atomic E-state index is -0.568. The molecule has 0 spiro atoms. The Bertz CT molecular complexity index is 729. The van der Waals surface area contributed by atoms with Gasteiger partial charge in [0.15, 0.2) is 0 Å². The minimum Gasteiger partial charge on any atom is -0.444 e. The fourth-order valence-corrected chi connectivity index (χ4v) is 2.30. The predicted molar refractivity (Wildman–Crippen MR) is 96.2 cm³/mol. The van der Waals surface area contributed by atoms with Gasteiger partial charge in [-0.1, -0.05) is 20.8 Å². The molecule has 2 N–H and O–H groups in total. The van der Waals surface area contributed by atoms with Crippen molar-refractivity contribution >= 4 is 17.7 Å². The summed E-state index contributed by atoms with van der Waals surface area (Å²) in [4.78, 5) is 27.8. The molecule has 0 unspecified atom stereocenters. The number of halogens is 1. The first-order valence-corrected chi connectivity index (χ1v) is 8.36. The van der Waals surface area contributed by atoms with E-state index in [0.29, 0.717) is 5.82 Å². The molecule has 2 aromatic heterocycles. The van der Waals surface area contributed by atoms with Crippen LogP contribution in [0.1, 0.15) is 53.4 Å². The van der Waals surface area contributed by atoms with Crippen LogP contribution in [0.15, 0.2) is 18.6 Å². The van der Waals surface area contributed by atoms with E-state index in [-0.39, 0.29) is 16.7 Å². The molecule has 0 saturated heterocycles. The SMILES string of the molecule is CC(C)(C)OC(=O)N[C@H](c1ncc(-c2cnc(Cl)nc2)[nH]1)C(C)(C)C. The number of aromatic nitrogens is 4. The van der Waals surface area contributed by atoms with Crippen molar-refractivity contribution in [2.75, 3.05) is 0 Å². The Balaban J connectivity index is 2.24. The van der Waals surface area contributed by atoms with Gasteiger partial charge in [0.05, 0.1) is 17.9 Å². The maximum atomic E-state index is 12.2. The third kappa shape index (κ3) is 5.42. The smallest absolute Gasteiger partial charge is 0.408 e. The Hall–Kier alpha value is -2.15. The maximum Gasteiger partial charge on any atom is 0.408 e. The zero-order valence-electron chi connectivity index (χ0n) is 15.3. The molecule has 0 aromatic carbocycles. The van der Waals surface area contributed by atoms with Gasteiger partial charge < -0.3 is 15.0 Å². The number of rotatable bonds is 3. The highest BCUT2D eigenvalue weighted by molar-refractivity contribution is 6.28. The second-order valence-electron chi connectivity index (χ2n) is 7.87. The van der Waals surface area contributed by atoms with Gasteiger partial charge in [-0.15, -0.1) is 0 Å². The molecule has 136 valence electrons. The van der Waals surface area contributed by atoms with Crippen LogP contribution in [0.25, 0.3) is 11.3 Å². The van der Waals surface area contributed by atoms with E-state index in [2.05, 4.69) is 25.3 Å². The third-order valence-electron chi connectivity index (χ3n) is 3.33. The van der Waals surface area contributed by atoms with Crippen molar-refractivity contribution in [2.45, 2.75) is 53.2 Å². The highest BCUT2D eigenvalue weighted by Crippen LogP contribution is 2.32. The van der Waals surface area contributed by atoms with E-state index < -0.39 is 11.7 Å².